The highest BCUT2D eigenvalue weighted by Crippen LogP contribution is 2.25. The van der Waals surface area contributed by atoms with Gasteiger partial charge in [0.05, 0.1) is 16.2 Å². The van der Waals surface area contributed by atoms with Crippen molar-refractivity contribution in [2.24, 2.45) is 0 Å². The molecule has 5 heteroatoms. The Bertz CT molecular complexity index is 827. The third kappa shape index (κ3) is 2.66. The van der Waals surface area contributed by atoms with E-state index >= 15 is 0 Å². The Labute approximate surface area is 126 Å². The van der Waals surface area contributed by atoms with Gasteiger partial charge >= 0.3 is 0 Å². The first-order valence-corrected chi connectivity index (χ1v) is 6.73. The Morgan fingerprint density at radius 3 is 2.81 bits per heavy atom. The predicted molar refractivity (Wildman–Crippen MR) is 85.6 cm³/mol. The molecule has 0 radical (unpaired) electrons. The number of benzene rings is 2. The number of nitrogens with two attached hydrogens (primary N) is 1. The van der Waals surface area contributed by atoms with Gasteiger partial charge in [-0.05, 0) is 36.4 Å². The molecule has 0 saturated carbocycles. The number of nitrogen functional groups attached to an aromatic ring is 1. The van der Waals surface area contributed by atoms with E-state index in [1.165, 1.54) is 0 Å². The summed E-state index contributed by atoms with van der Waals surface area (Å²) in [5, 5.41) is 3.99. The van der Waals surface area contributed by atoms with Gasteiger partial charge in [-0.15, -0.1) is 0 Å². The topological polar surface area (TPSA) is 68.0 Å². The van der Waals surface area contributed by atoms with Gasteiger partial charge in [0.25, 0.3) is 5.91 Å². The highest BCUT2D eigenvalue weighted by molar-refractivity contribution is 6.34. The zero-order valence-electron chi connectivity index (χ0n) is 11.0. The van der Waals surface area contributed by atoms with Crippen molar-refractivity contribution in [2.45, 2.75) is 0 Å². The molecule has 1 aromatic heterocycles. The minimum atomic E-state index is -0.236. The number of aromatic nitrogens is 1. The molecule has 0 aliphatic carbocycles. The fraction of sp³-hybridized carbons (Fsp3) is 0. The van der Waals surface area contributed by atoms with Crippen LogP contribution in [-0.4, -0.2) is 10.9 Å². The Hall–Kier alpha value is -2.59. The van der Waals surface area contributed by atoms with E-state index in [0.717, 1.165) is 10.9 Å². The van der Waals surface area contributed by atoms with E-state index in [0.29, 0.717) is 22.0 Å². The molecule has 0 unspecified atom stereocenters. The molecule has 0 bridgehead atoms. The summed E-state index contributed by atoms with van der Waals surface area (Å²) in [6.07, 6.45) is 1.70. The van der Waals surface area contributed by atoms with Crippen LogP contribution in [0, 0.1) is 0 Å². The summed E-state index contributed by atoms with van der Waals surface area (Å²) >= 11 is 6.07. The zero-order valence-corrected chi connectivity index (χ0v) is 11.8. The number of carbonyl (C=O) groups excluding carboxylic acids is 1. The van der Waals surface area contributed by atoms with E-state index in [1.807, 2.05) is 12.1 Å². The van der Waals surface area contributed by atoms with Crippen LogP contribution in [0.5, 0.6) is 0 Å². The fourth-order valence-corrected chi connectivity index (χ4v) is 2.36. The lowest BCUT2D eigenvalue weighted by atomic mass is 10.1. The SMILES string of the molecule is Nc1ccc(NC(=O)c2cccc3ncccc23)c(Cl)c1. The maximum Gasteiger partial charge on any atom is 0.256 e. The van der Waals surface area contributed by atoms with Crippen LogP contribution >= 0.6 is 11.6 Å². The van der Waals surface area contributed by atoms with Gasteiger partial charge in [-0.3, -0.25) is 9.78 Å². The molecular weight excluding hydrogens is 286 g/mol. The summed E-state index contributed by atoms with van der Waals surface area (Å²) in [5.74, 6) is -0.236. The average Bonchev–Trinajstić information content (AvgIpc) is 2.49. The standard InChI is InChI=1S/C16H12ClN3O/c17-13-9-10(18)6-7-15(13)20-16(21)12-3-1-5-14-11(12)4-2-8-19-14/h1-9H,18H2,(H,20,21). The van der Waals surface area contributed by atoms with Gasteiger partial charge < -0.3 is 11.1 Å². The molecule has 0 aliphatic heterocycles. The molecular formula is C16H12ClN3O. The van der Waals surface area contributed by atoms with E-state index in [4.69, 9.17) is 17.3 Å². The third-order valence-corrected chi connectivity index (χ3v) is 3.44. The second-order valence-electron chi connectivity index (χ2n) is 4.57. The zero-order chi connectivity index (χ0) is 14.8. The smallest absolute Gasteiger partial charge is 0.256 e. The van der Waals surface area contributed by atoms with Gasteiger partial charge in [-0.1, -0.05) is 23.7 Å². The van der Waals surface area contributed by atoms with Gasteiger partial charge in [-0.2, -0.15) is 0 Å². The summed E-state index contributed by atoms with van der Waals surface area (Å²) in [6, 6.07) is 14.0. The second-order valence-corrected chi connectivity index (χ2v) is 4.98. The van der Waals surface area contributed by atoms with E-state index in [1.54, 1.807) is 42.6 Å². The molecule has 3 N–H and O–H groups in total. The van der Waals surface area contributed by atoms with Crippen LogP contribution in [0.2, 0.25) is 5.02 Å². The molecule has 3 aromatic rings. The molecule has 0 atom stereocenters. The van der Waals surface area contributed by atoms with Crippen molar-refractivity contribution < 1.29 is 4.79 Å². The fourth-order valence-electron chi connectivity index (χ4n) is 2.12. The van der Waals surface area contributed by atoms with Gasteiger partial charge in [-0.25, -0.2) is 0 Å². The van der Waals surface area contributed by atoms with Crippen molar-refractivity contribution in [2.75, 3.05) is 11.1 Å². The molecule has 0 fully saturated rings. The molecule has 1 amide bonds. The van der Waals surface area contributed by atoms with Crippen LogP contribution in [0.25, 0.3) is 10.9 Å². The van der Waals surface area contributed by atoms with Crippen molar-refractivity contribution in [1.29, 1.82) is 0 Å². The molecule has 104 valence electrons. The van der Waals surface area contributed by atoms with E-state index < -0.39 is 0 Å². The number of pyridine rings is 1. The number of nitrogens with zero attached hydrogens (tertiary/aromatic N) is 1. The highest BCUT2D eigenvalue weighted by atomic mass is 35.5. The van der Waals surface area contributed by atoms with E-state index in [9.17, 15) is 4.79 Å². The van der Waals surface area contributed by atoms with Gasteiger partial charge in [0, 0.05) is 22.8 Å². The maximum atomic E-state index is 12.4. The van der Waals surface area contributed by atoms with Crippen molar-refractivity contribution in [3.8, 4) is 0 Å². The quantitative estimate of drug-likeness (QED) is 0.708. The third-order valence-electron chi connectivity index (χ3n) is 3.13. The number of rotatable bonds is 2. The van der Waals surface area contributed by atoms with Crippen LogP contribution in [0.15, 0.2) is 54.7 Å². The molecule has 3 rings (SSSR count). The first-order chi connectivity index (χ1) is 10.1. The average molecular weight is 298 g/mol. The summed E-state index contributed by atoms with van der Waals surface area (Å²) < 4.78 is 0. The van der Waals surface area contributed by atoms with Gasteiger partial charge in [0.2, 0.25) is 0 Å². The summed E-state index contributed by atoms with van der Waals surface area (Å²) in [7, 11) is 0. The number of anilines is 2. The largest absolute Gasteiger partial charge is 0.399 e. The first-order valence-electron chi connectivity index (χ1n) is 6.35. The molecule has 4 nitrogen and oxygen atoms in total. The highest BCUT2D eigenvalue weighted by Gasteiger charge is 2.12. The molecule has 0 saturated heterocycles. The number of amides is 1. The summed E-state index contributed by atoms with van der Waals surface area (Å²) in [4.78, 5) is 16.7. The lowest BCUT2D eigenvalue weighted by Gasteiger charge is -2.09. The van der Waals surface area contributed by atoms with Crippen molar-refractivity contribution in [1.82, 2.24) is 4.98 Å². The van der Waals surface area contributed by atoms with Crippen LogP contribution in [0.4, 0.5) is 11.4 Å². The van der Waals surface area contributed by atoms with Crippen molar-refractivity contribution >= 4 is 39.8 Å². The summed E-state index contributed by atoms with van der Waals surface area (Å²) in [5.41, 5.74) is 8.03. The molecule has 1 heterocycles. The lowest BCUT2D eigenvalue weighted by Crippen LogP contribution is -2.12. The Morgan fingerprint density at radius 2 is 2.00 bits per heavy atom. The monoisotopic (exact) mass is 297 g/mol. The minimum Gasteiger partial charge on any atom is -0.399 e. The molecule has 21 heavy (non-hydrogen) atoms. The number of halogens is 1. The normalized spacial score (nSPS) is 10.5. The van der Waals surface area contributed by atoms with Crippen LogP contribution in [0.1, 0.15) is 10.4 Å². The van der Waals surface area contributed by atoms with Crippen LogP contribution in [-0.2, 0) is 0 Å². The number of hydrogen-bond acceptors (Lipinski definition) is 3. The number of carbonyl (C=O) groups is 1. The van der Waals surface area contributed by atoms with Gasteiger partial charge in [0.15, 0.2) is 0 Å². The molecule has 0 spiro atoms. The number of nitrogens with one attached hydrogen (secondary N) is 1. The first kappa shape index (κ1) is 13.4. The van der Waals surface area contributed by atoms with Crippen LogP contribution < -0.4 is 11.1 Å². The second kappa shape index (κ2) is 5.42. The van der Waals surface area contributed by atoms with Crippen molar-refractivity contribution in [3.63, 3.8) is 0 Å². The number of hydrogen-bond donors (Lipinski definition) is 2. The van der Waals surface area contributed by atoms with Crippen LogP contribution in [0.3, 0.4) is 0 Å². The summed E-state index contributed by atoms with van der Waals surface area (Å²) in [6.45, 7) is 0. The maximum absolute atomic E-state index is 12.4. The molecule has 0 aliphatic rings. The Kier molecular flexibility index (Phi) is 3.46. The van der Waals surface area contributed by atoms with Gasteiger partial charge in [0.1, 0.15) is 0 Å². The molecule has 2 aromatic carbocycles. The van der Waals surface area contributed by atoms with E-state index in [-0.39, 0.29) is 5.91 Å². The predicted octanol–water partition coefficient (Wildman–Crippen LogP) is 3.72. The van der Waals surface area contributed by atoms with Crippen molar-refractivity contribution in [3.05, 3.63) is 65.3 Å². The lowest BCUT2D eigenvalue weighted by molar-refractivity contribution is 0.102. The van der Waals surface area contributed by atoms with E-state index in [2.05, 4.69) is 10.3 Å². The minimum absolute atomic E-state index is 0.236. The Balaban J connectivity index is 1.97. The number of fused-ring (bicyclic) bond motifs is 1. The Morgan fingerprint density at radius 1 is 1.14 bits per heavy atom.